The molecule has 1 amide bonds. The van der Waals surface area contributed by atoms with Gasteiger partial charge in [-0.1, -0.05) is 6.07 Å². The van der Waals surface area contributed by atoms with E-state index in [1.54, 1.807) is 11.4 Å². The highest BCUT2D eigenvalue weighted by Gasteiger charge is 2.17. The summed E-state index contributed by atoms with van der Waals surface area (Å²) in [4.78, 5) is 12.2. The summed E-state index contributed by atoms with van der Waals surface area (Å²) in [5.41, 5.74) is 0.431. The second-order valence-electron chi connectivity index (χ2n) is 5.23. The first-order chi connectivity index (χ1) is 12.3. The molecule has 0 unspecified atom stereocenters. The number of hydrogen-bond donors (Lipinski definition) is 3. The van der Waals surface area contributed by atoms with Crippen LogP contribution in [0.4, 0.5) is 15.8 Å². The van der Waals surface area contributed by atoms with Crippen molar-refractivity contribution in [1.29, 1.82) is 0 Å². The van der Waals surface area contributed by atoms with E-state index >= 15 is 0 Å². The van der Waals surface area contributed by atoms with Gasteiger partial charge >= 0.3 is 0 Å². The van der Waals surface area contributed by atoms with Crippen molar-refractivity contribution < 1.29 is 22.7 Å². The number of sulfonamides is 1. The van der Waals surface area contributed by atoms with Crippen LogP contribution in [0.3, 0.4) is 0 Å². The second kappa shape index (κ2) is 7.14. The maximum absolute atomic E-state index is 12.9. The molecule has 2 aromatic carbocycles. The van der Waals surface area contributed by atoms with Crippen LogP contribution in [-0.4, -0.2) is 19.4 Å². The lowest BCUT2D eigenvalue weighted by atomic mass is 10.1. The van der Waals surface area contributed by atoms with E-state index in [-0.39, 0.29) is 15.5 Å². The molecule has 0 aliphatic heterocycles. The summed E-state index contributed by atoms with van der Waals surface area (Å²) in [6.45, 7) is 0. The van der Waals surface area contributed by atoms with Crippen LogP contribution in [0.15, 0.2) is 64.2 Å². The normalized spacial score (nSPS) is 11.1. The highest BCUT2D eigenvalue weighted by molar-refractivity contribution is 7.94. The lowest BCUT2D eigenvalue weighted by Crippen LogP contribution is -2.14. The fraction of sp³-hybridized carbons (Fsp3) is 0. The predicted molar refractivity (Wildman–Crippen MR) is 97.6 cm³/mol. The fourth-order valence-electron chi connectivity index (χ4n) is 2.14. The Hall–Kier alpha value is -2.91. The Labute approximate surface area is 153 Å². The quantitative estimate of drug-likeness (QED) is 0.618. The first-order valence-corrected chi connectivity index (χ1v) is 9.68. The lowest BCUT2D eigenvalue weighted by molar-refractivity contribution is 0.102. The number of hydrogen-bond acceptors (Lipinski definition) is 5. The smallest absolute Gasteiger partial charge is 0.271 e. The monoisotopic (exact) mass is 392 g/mol. The van der Waals surface area contributed by atoms with Crippen LogP contribution in [-0.2, 0) is 10.0 Å². The summed E-state index contributed by atoms with van der Waals surface area (Å²) >= 11 is 1.06. The van der Waals surface area contributed by atoms with Crippen molar-refractivity contribution in [3.63, 3.8) is 0 Å². The third-order valence-electron chi connectivity index (χ3n) is 3.36. The van der Waals surface area contributed by atoms with Crippen LogP contribution in [0.1, 0.15) is 10.4 Å². The molecule has 0 aliphatic carbocycles. The molecule has 26 heavy (non-hydrogen) atoms. The van der Waals surface area contributed by atoms with Crippen molar-refractivity contribution in [2.24, 2.45) is 0 Å². The zero-order valence-electron chi connectivity index (χ0n) is 13.1. The highest BCUT2D eigenvalue weighted by atomic mass is 32.2. The summed E-state index contributed by atoms with van der Waals surface area (Å²) in [6, 6.07) is 12.0. The fourth-order valence-corrected chi connectivity index (χ4v) is 4.18. The molecule has 1 heterocycles. The van der Waals surface area contributed by atoms with E-state index in [0.29, 0.717) is 5.69 Å². The number of nitrogens with one attached hydrogen (secondary N) is 2. The van der Waals surface area contributed by atoms with Crippen LogP contribution < -0.4 is 10.0 Å². The third-order valence-corrected chi connectivity index (χ3v) is 6.14. The van der Waals surface area contributed by atoms with Crippen molar-refractivity contribution in [2.45, 2.75) is 4.21 Å². The Kier molecular flexibility index (Phi) is 4.92. The number of carbonyl (C=O) groups excluding carboxylic acids is 1. The summed E-state index contributed by atoms with van der Waals surface area (Å²) in [7, 11) is -3.75. The van der Waals surface area contributed by atoms with Gasteiger partial charge < -0.3 is 10.4 Å². The molecule has 9 heteroatoms. The Morgan fingerprint density at radius 3 is 2.35 bits per heavy atom. The minimum Gasteiger partial charge on any atom is -0.507 e. The van der Waals surface area contributed by atoms with Gasteiger partial charge in [-0.25, -0.2) is 12.8 Å². The Morgan fingerprint density at radius 2 is 1.73 bits per heavy atom. The van der Waals surface area contributed by atoms with E-state index in [4.69, 9.17) is 0 Å². The van der Waals surface area contributed by atoms with Crippen molar-refractivity contribution in [3.8, 4) is 5.75 Å². The number of phenolic OH excluding ortho intramolecular Hbond substituents is 1. The van der Waals surface area contributed by atoms with Gasteiger partial charge in [-0.05, 0) is 47.8 Å². The maximum Gasteiger partial charge on any atom is 0.271 e. The second-order valence-corrected chi connectivity index (χ2v) is 8.09. The van der Waals surface area contributed by atoms with Gasteiger partial charge in [-0.2, -0.15) is 0 Å². The van der Waals surface area contributed by atoms with Crippen molar-refractivity contribution in [1.82, 2.24) is 0 Å². The van der Waals surface area contributed by atoms with Gasteiger partial charge in [0.05, 0.1) is 11.3 Å². The van der Waals surface area contributed by atoms with Crippen LogP contribution in [0.25, 0.3) is 0 Å². The molecule has 0 saturated carbocycles. The number of halogens is 1. The molecular formula is C17H13FN2O4S2. The Bertz CT molecular complexity index is 1030. The molecule has 0 aliphatic rings. The van der Waals surface area contributed by atoms with Gasteiger partial charge in [-0.15, -0.1) is 11.3 Å². The molecule has 0 fully saturated rings. The molecule has 3 rings (SSSR count). The van der Waals surface area contributed by atoms with E-state index in [1.807, 2.05) is 0 Å². The van der Waals surface area contributed by atoms with Gasteiger partial charge in [0, 0.05) is 11.8 Å². The zero-order chi connectivity index (χ0) is 18.7. The SMILES string of the molecule is O=C(Nc1ccc(F)cc1)c1ccc(NS(=O)(=O)c2cccs2)cc1O. The third kappa shape index (κ3) is 4.01. The first-order valence-electron chi connectivity index (χ1n) is 7.31. The van der Waals surface area contributed by atoms with E-state index in [9.17, 15) is 22.7 Å². The standard InChI is InChI=1S/C17H13FN2O4S2/c18-11-3-5-12(6-4-11)19-17(22)14-8-7-13(10-15(14)21)20-26(23,24)16-2-1-9-25-16/h1-10,20-21H,(H,19,22). The van der Waals surface area contributed by atoms with E-state index in [0.717, 1.165) is 17.4 Å². The van der Waals surface area contributed by atoms with E-state index in [2.05, 4.69) is 10.0 Å². The highest BCUT2D eigenvalue weighted by Crippen LogP contribution is 2.26. The summed E-state index contributed by atoms with van der Waals surface area (Å²) < 4.78 is 39.7. The Balaban J connectivity index is 1.77. The van der Waals surface area contributed by atoms with Crippen molar-refractivity contribution >= 4 is 38.6 Å². The number of thiophene rings is 1. The molecule has 134 valence electrons. The molecular weight excluding hydrogens is 379 g/mol. The molecule has 6 nitrogen and oxygen atoms in total. The molecule has 3 N–H and O–H groups in total. The number of phenols is 1. The average molecular weight is 392 g/mol. The topological polar surface area (TPSA) is 95.5 Å². The molecule has 0 saturated heterocycles. The lowest BCUT2D eigenvalue weighted by Gasteiger charge is -2.10. The van der Waals surface area contributed by atoms with E-state index in [1.165, 1.54) is 42.5 Å². The predicted octanol–water partition coefficient (Wildman–Crippen LogP) is 3.65. The first kappa shape index (κ1) is 17.9. The van der Waals surface area contributed by atoms with Crippen LogP contribution in [0, 0.1) is 5.82 Å². The molecule has 0 radical (unpaired) electrons. The van der Waals surface area contributed by atoms with Crippen LogP contribution >= 0.6 is 11.3 Å². The van der Waals surface area contributed by atoms with Crippen molar-refractivity contribution in [3.05, 3.63) is 71.4 Å². The van der Waals surface area contributed by atoms with Crippen LogP contribution in [0.5, 0.6) is 5.75 Å². The summed E-state index contributed by atoms with van der Waals surface area (Å²) in [5.74, 6) is -1.44. The van der Waals surface area contributed by atoms with Gasteiger partial charge in [0.15, 0.2) is 0 Å². The number of anilines is 2. The molecule has 3 aromatic rings. The van der Waals surface area contributed by atoms with Gasteiger partial charge in [0.2, 0.25) is 0 Å². The number of aromatic hydroxyl groups is 1. The minimum absolute atomic E-state index is 0.0478. The van der Waals surface area contributed by atoms with E-state index < -0.39 is 27.5 Å². The molecule has 0 atom stereocenters. The van der Waals surface area contributed by atoms with Crippen molar-refractivity contribution in [2.75, 3.05) is 10.0 Å². The number of rotatable bonds is 5. The number of benzene rings is 2. The molecule has 0 bridgehead atoms. The summed E-state index contributed by atoms with van der Waals surface area (Å²) in [6.07, 6.45) is 0. The van der Waals surface area contributed by atoms with Gasteiger partial charge in [0.1, 0.15) is 15.8 Å². The minimum atomic E-state index is -3.75. The molecule has 0 spiro atoms. The van der Waals surface area contributed by atoms with Gasteiger partial charge in [0.25, 0.3) is 15.9 Å². The average Bonchev–Trinajstić information content (AvgIpc) is 3.12. The maximum atomic E-state index is 12.9. The summed E-state index contributed by atoms with van der Waals surface area (Å²) in [5, 5.41) is 14.2. The Morgan fingerprint density at radius 1 is 1.04 bits per heavy atom. The zero-order valence-corrected chi connectivity index (χ0v) is 14.8. The van der Waals surface area contributed by atoms with Gasteiger partial charge in [-0.3, -0.25) is 9.52 Å². The largest absolute Gasteiger partial charge is 0.507 e. The number of carbonyl (C=O) groups is 1. The molecule has 1 aromatic heterocycles. The van der Waals surface area contributed by atoms with Crippen LogP contribution in [0.2, 0.25) is 0 Å². The number of amides is 1.